The molecule has 4 rings (SSSR count). The van der Waals surface area contributed by atoms with Gasteiger partial charge in [-0.15, -0.1) is 0 Å². The lowest BCUT2D eigenvalue weighted by molar-refractivity contribution is -0.120. The summed E-state index contributed by atoms with van der Waals surface area (Å²) in [6.07, 6.45) is 6.29. The predicted molar refractivity (Wildman–Crippen MR) is 121 cm³/mol. The van der Waals surface area contributed by atoms with E-state index in [9.17, 15) is 13.6 Å². The third-order valence-corrected chi connectivity index (χ3v) is 5.23. The highest BCUT2D eigenvalue weighted by Gasteiger charge is 2.33. The molecule has 0 bridgehead atoms. The van der Waals surface area contributed by atoms with Gasteiger partial charge in [-0.1, -0.05) is 17.7 Å². The summed E-state index contributed by atoms with van der Waals surface area (Å²) >= 11 is 6.04. The van der Waals surface area contributed by atoms with Gasteiger partial charge in [0.05, 0.1) is 35.9 Å². The van der Waals surface area contributed by atoms with Gasteiger partial charge in [-0.25, -0.2) is 19.0 Å². The van der Waals surface area contributed by atoms with Crippen LogP contribution in [0.1, 0.15) is 17.0 Å². The molecule has 0 fully saturated rings. The van der Waals surface area contributed by atoms with Crippen molar-refractivity contribution in [2.75, 3.05) is 11.9 Å². The number of pyridine rings is 3. The minimum absolute atomic E-state index is 0.0284. The molecule has 4 heterocycles. The van der Waals surface area contributed by atoms with Crippen LogP contribution in [0.15, 0.2) is 61.6 Å². The number of aromatic nitrogens is 6. The van der Waals surface area contributed by atoms with Crippen molar-refractivity contribution in [3.63, 3.8) is 0 Å². The van der Waals surface area contributed by atoms with Crippen molar-refractivity contribution in [2.24, 2.45) is 0 Å². The fourth-order valence-electron chi connectivity index (χ4n) is 3.17. The summed E-state index contributed by atoms with van der Waals surface area (Å²) in [7, 11) is 0. The largest absolute Gasteiger partial charge is 0.361 e. The molecule has 0 radical (unpaired) electrons. The number of nitrogens with zero attached hydrogens (tertiary/aromatic N) is 6. The van der Waals surface area contributed by atoms with Crippen LogP contribution in [0.3, 0.4) is 0 Å². The fraction of sp³-hybridized carbons (Fsp3) is 0.182. The Bertz CT molecular complexity index is 1310. The van der Waals surface area contributed by atoms with Gasteiger partial charge in [-0.3, -0.25) is 14.8 Å². The van der Waals surface area contributed by atoms with Crippen LogP contribution >= 0.6 is 11.6 Å². The van der Waals surface area contributed by atoms with Gasteiger partial charge in [0.1, 0.15) is 18.3 Å². The van der Waals surface area contributed by atoms with Gasteiger partial charge < -0.3 is 10.6 Å². The Kier molecular flexibility index (Phi) is 7.20. The van der Waals surface area contributed by atoms with E-state index >= 15 is 4.39 Å². The lowest BCUT2D eigenvalue weighted by Gasteiger charge is -2.18. The van der Waals surface area contributed by atoms with Crippen LogP contribution in [-0.4, -0.2) is 42.2 Å². The van der Waals surface area contributed by atoms with Crippen molar-refractivity contribution in [1.29, 1.82) is 0 Å². The summed E-state index contributed by atoms with van der Waals surface area (Å²) in [5.41, 5.74) is 0.465. The van der Waals surface area contributed by atoms with E-state index in [2.05, 4.69) is 35.7 Å². The molecule has 0 aliphatic heterocycles. The number of nitrogens with one attached hydrogen (secondary N) is 2. The fourth-order valence-corrected chi connectivity index (χ4v) is 3.36. The van der Waals surface area contributed by atoms with E-state index in [1.165, 1.54) is 41.7 Å². The molecule has 13 heteroatoms. The highest BCUT2D eigenvalue weighted by Crippen LogP contribution is 2.28. The zero-order chi connectivity index (χ0) is 24.8. The van der Waals surface area contributed by atoms with E-state index in [4.69, 9.17) is 11.6 Å². The lowest BCUT2D eigenvalue weighted by atomic mass is 10.1. The van der Waals surface area contributed by atoms with Gasteiger partial charge in [-0.05, 0) is 24.3 Å². The number of anilines is 1. The minimum Gasteiger partial charge on any atom is -0.361 e. The molecular weight excluding hydrogens is 485 g/mol. The summed E-state index contributed by atoms with van der Waals surface area (Å²) < 4.78 is 45.3. The number of rotatable bonds is 9. The number of amides is 1. The van der Waals surface area contributed by atoms with Gasteiger partial charge in [-0.2, -0.15) is 13.9 Å². The SMILES string of the molecule is O=C(Cc1c(Cl)cnc(NCC(F)(F)c2ccccn2)c1F)NCc1ncccc1-n1cncn1. The van der Waals surface area contributed by atoms with Crippen LogP contribution in [-0.2, 0) is 23.7 Å². The molecule has 1 amide bonds. The van der Waals surface area contributed by atoms with E-state index < -0.39 is 42.1 Å². The third kappa shape index (κ3) is 5.72. The predicted octanol–water partition coefficient (Wildman–Crippen LogP) is 3.31. The van der Waals surface area contributed by atoms with E-state index in [1.54, 1.807) is 18.3 Å². The highest BCUT2D eigenvalue weighted by atomic mass is 35.5. The zero-order valence-electron chi connectivity index (χ0n) is 18.0. The van der Waals surface area contributed by atoms with Crippen molar-refractivity contribution in [3.05, 3.63) is 89.4 Å². The quantitative estimate of drug-likeness (QED) is 0.361. The lowest BCUT2D eigenvalue weighted by Crippen LogP contribution is -2.28. The summed E-state index contributed by atoms with van der Waals surface area (Å²) in [6, 6.07) is 7.56. The van der Waals surface area contributed by atoms with Crippen molar-refractivity contribution >= 4 is 23.3 Å². The second-order valence-corrected chi connectivity index (χ2v) is 7.69. The molecule has 0 atom stereocenters. The zero-order valence-corrected chi connectivity index (χ0v) is 18.8. The standard InChI is InChI=1S/C22H18ClF3N8O/c23-15-9-31-21(32-11-22(25,26)18-5-1-2-6-29-18)20(24)14(15)8-19(35)30-10-16-17(4-3-7-28-16)34-13-27-12-33-34/h1-7,9,12-13H,8,10-11H2,(H,30,35)(H,31,32). The Morgan fingerprint density at radius 3 is 2.69 bits per heavy atom. The second kappa shape index (κ2) is 10.5. The second-order valence-electron chi connectivity index (χ2n) is 7.28. The normalized spacial score (nSPS) is 11.3. The van der Waals surface area contributed by atoms with Crippen molar-refractivity contribution in [2.45, 2.75) is 18.9 Å². The van der Waals surface area contributed by atoms with Crippen molar-refractivity contribution < 1.29 is 18.0 Å². The van der Waals surface area contributed by atoms with Gasteiger partial charge in [0.2, 0.25) is 5.91 Å². The monoisotopic (exact) mass is 502 g/mol. The number of carbonyl (C=O) groups excluding carboxylic acids is 1. The van der Waals surface area contributed by atoms with Gasteiger partial charge in [0.25, 0.3) is 0 Å². The molecule has 0 aliphatic carbocycles. The first kappa shape index (κ1) is 24.1. The first-order valence-corrected chi connectivity index (χ1v) is 10.6. The van der Waals surface area contributed by atoms with Gasteiger partial charge in [0.15, 0.2) is 11.6 Å². The van der Waals surface area contributed by atoms with Crippen molar-refractivity contribution in [3.8, 4) is 5.69 Å². The molecular formula is C22H18ClF3N8O. The van der Waals surface area contributed by atoms with Crippen molar-refractivity contribution in [1.82, 2.24) is 35.0 Å². The maximum absolute atomic E-state index is 15.0. The van der Waals surface area contributed by atoms with Gasteiger partial charge in [0, 0.05) is 24.2 Å². The van der Waals surface area contributed by atoms with Crippen LogP contribution in [0.2, 0.25) is 5.02 Å². The molecule has 0 aliphatic rings. The molecule has 180 valence electrons. The Morgan fingerprint density at radius 1 is 1.11 bits per heavy atom. The first-order valence-electron chi connectivity index (χ1n) is 10.3. The molecule has 35 heavy (non-hydrogen) atoms. The molecule has 4 aromatic rings. The average molecular weight is 503 g/mol. The maximum Gasteiger partial charge on any atom is 0.306 e. The van der Waals surface area contributed by atoms with E-state index in [-0.39, 0.29) is 17.1 Å². The van der Waals surface area contributed by atoms with E-state index in [1.807, 2.05) is 0 Å². The number of carbonyl (C=O) groups is 1. The number of hydrogen-bond acceptors (Lipinski definition) is 7. The Labute approximate surface area is 202 Å². The Morgan fingerprint density at radius 2 is 1.94 bits per heavy atom. The van der Waals surface area contributed by atoms with Crippen LogP contribution in [0.25, 0.3) is 5.69 Å². The molecule has 2 N–H and O–H groups in total. The summed E-state index contributed by atoms with van der Waals surface area (Å²) in [4.78, 5) is 28.0. The molecule has 0 spiro atoms. The Balaban J connectivity index is 1.43. The molecule has 9 nitrogen and oxygen atoms in total. The average Bonchev–Trinajstić information content (AvgIpc) is 3.40. The Hall–Kier alpha value is -4.06. The maximum atomic E-state index is 15.0. The third-order valence-electron chi connectivity index (χ3n) is 4.91. The number of hydrogen-bond donors (Lipinski definition) is 2. The molecule has 4 aromatic heterocycles. The number of halogens is 4. The topological polar surface area (TPSA) is 111 Å². The highest BCUT2D eigenvalue weighted by molar-refractivity contribution is 6.31. The molecule has 0 aromatic carbocycles. The summed E-state index contributed by atoms with van der Waals surface area (Å²) in [5.74, 6) is -5.38. The van der Waals surface area contributed by atoms with Gasteiger partial charge >= 0.3 is 5.92 Å². The van der Waals surface area contributed by atoms with Crippen LogP contribution in [0.4, 0.5) is 19.0 Å². The smallest absolute Gasteiger partial charge is 0.306 e. The van der Waals surface area contributed by atoms with E-state index in [0.29, 0.717) is 11.4 Å². The first-order chi connectivity index (χ1) is 16.8. The summed E-state index contributed by atoms with van der Waals surface area (Å²) in [5, 5.41) is 8.86. The molecule has 0 saturated heterocycles. The summed E-state index contributed by atoms with van der Waals surface area (Å²) in [6.45, 7) is -0.924. The number of alkyl halides is 2. The minimum atomic E-state index is -3.38. The van der Waals surface area contributed by atoms with Crippen LogP contribution in [0.5, 0.6) is 0 Å². The molecule has 0 saturated carbocycles. The van der Waals surface area contributed by atoms with Crippen LogP contribution in [0, 0.1) is 5.82 Å². The van der Waals surface area contributed by atoms with E-state index in [0.717, 1.165) is 6.20 Å². The van der Waals surface area contributed by atoms with Crippen LogP contribution < -0.4 is 10.6 Å². The molecule has 0 unspecified atom stereocenters.